The summed E-state index contributed by atoms with van der Waals surface area (Å²) in [5.41, 5.74) is 2.36. The average molecular weight is 316 g/mol. The first kappa shape index (κ1) is 15.8. The van der Waals surface area contributed by atoms with E-state index in [1.165, 1.54) is 6.07 Å². The normalized spacial score (nSPS) is 23.1. The van der Waals surface area contributed by atoms with Crippen molar-refractivity contribution in [3.05, 3.63) is 59.2 Å². The van der Waals surface area contributed by atoms with Gasteiger partial charge < -0.3 is 24.8 Å². The van der Waals surface area contributed by atoms with E-state index in [2.05, 4.69) is 0 Å². The molecule has 0 spiro atoms. The van der Waals surface area contributed by atoms with Crippen LogP contribution < -0.4 is 0 Å². The highest BCUT2D eigenvalue weighted by molar-refractivity contribution is 5.39. The second-order valence-electron chi connectivity index (χ2n) is 6.16. The number of hydrogen-bond acceptors (Lipinski definition) is 5. The van der Waals surface area contributed by atoms with Gasteiger partial charge in [0.25, 0.3) is 0 Å². The van der Waals surface area contributed by atoms with Crippen molar-refractivity contribution in [1.82, 2.24) is 0 Å². The number of rotatable bonds is 3. The number of ether oxygens (including phenoxy) is 2. The fourth-order valence-electron chi connectivity index (χ4n) is 2.84. The molecule has 5 nitrogen and oxygen atoms in total. The number of aliphatic hydroxyl groups excluding tert-OH is 1. The minimum absolute atomic E-state index is 0.0162. The summed E-state index contributed by atoms with van der Waals surface area (Å²) in [6, 6.07) is 11.8. The smallest absolute Gasteiger partial charge is 0.164 e. The van der Waals surface area contributed by atoms with E-state index in [0.29, 0.717) is 5.56 Å². The Hall–Kier alpha value is -2.08. The second-order valence-corrected chi connectivity index (χ2v) is 6.16. The Morgan fingerprint density at radius 2 is 1.39 bits per heavy atom. The lowest BCUT2D eigenvalue weighted by molar-refractivity contribution is -0.147. The van der Waals surface area contributed by atoms with Crippen molar-refractivity contribution < 1.29 is 24.8 Å². The standard InChI is InChI=1S/C18H20O5/c1-18(2)22-16(12-5-3-11(10-19)4-6-12)17(23-18)13-7-14(20)9-15(21)8-13/h3-9,16-17,19-21H,10H2,1-2H3/t16-,17-/m1/s1. The molecule has 0 radical (unpaired) electrons. The molecule has 122 valence electrons. The van der Waals surface area contributed by atoms with E-state index in [1.807, 2.05) is 38.1 Å². The van der Waals surface area contributed by atoms with Crippen LogP contribution in [-0.4, -0.2) is 21.1 Å². The van der Waals surface area contributed by atoms with Gasteiger partial charge in [-0.3, -0.25) is 0 Å². The van der Waals surface area contributed by atoms with Crippen molar-refractivity contribution in [3.63, 3.8) is 0 Å². The topological polar surface area (TPSA) is 79.2 Å². The molecule has 0 aromatic heterocycles. The van der Waals surface area contributed by atoms with Crippen molar-refractivity contribution in [3.8, 4) is 11.5 Å². The van der Waals surface area contributed by atoms with Gasteiger partial charge in [0.15, 0.2) is 5.79 Å². The van der Waals surface area contributed by atoms with Crippen molar-refractivity contribution in [2.45, 2.75) is 38.4 Å². The van der Waals surface area contributed by atoms with Crippen LogP contribution in [0.4, 0.5) is 0 Å². The van der Waals surface area contributed by atoms with Crippen LogP contribution in [0.25, 0.3) is 0 Å². The molecule has 2 aromatic carbocycles. The summed E-state index contributed by atoms with van der Waals surface area (Å²) >= 11 is 0. The maximum Gasteiger partial charge on any atom is 0.164 e. The molecule has 1 heterocycles. The van der Waals surface area contributed by atoms with E-state index in [9.17, 15) is 10.2 Å². The first-order valence-corrected chi connectivity index (χ1v) is 7.46. The number of aromatic hydroxyl groups is 2. The summed E-state index contributed by atoms with van der Waals surface area (Å²) < 4.78 is 12.0. The molecule has 3 rings (SSSR count). The molecule has 0 aliphatic carbocycles. The van der Waals surface area contributed by atoms with Crippen molar-refractivity contribution in [2.24, 2.45) is 0 Å². The van der Waals surface area contributed by atoms with Gasteiger partial charge in [-0.05, 0) is 42.7 Å². The van der Waals surface area contributed by atoms with Crippen LogP contribution in [0.3, 0.4) is 0 Å². The molecule has 2 atom stereocenters. The van der Waals surface area contributed by atoms with Gasteiger partial charge >= 0.3 is 0 Å². The Morgan fingerprint density at radius 1 is 0.870 bits per heavy atom. The summed E-state index contributed by atoms with van der Waals surface area (Å²) in [6.45, 7) is 3.63. The Morgan fingerprint density at radius 3 is 1.91 bits per heavy atom. The molecule has 0 amide bonds. The fraction of sp³-hybridized carbons (Fsp3) is 0.333. The third-order valence-electron chi connectivity index (χ3n) is 3.84. The number of benzene rings is 2. The van der Waals surface area contributed by atoms with Crippen molar-refractivity contribution in [1.29, 1.82) is 0 Å². The molecule has 0 unspecified atom stereocenters. The van der Waals surface area contributed by atoms with Crippen LogP contribution in [0.1, 0.15) is 42.7 Å². The molecule has 2 aromatic rings. The van der Waals surface area contributed by atoms with E-state index >= 15 is 0 Å². The van der Waals surface area contributed by atoms with Crippen molar-refractivity contribution >= 4 is 0 Å². The van der Waals surface area contributed by atoms with E-state index in [4.69, 9.17) is 14.6 Å². The molecule has 1 aliphatic rings. The van der Waals surface area contributed by atoms with Gasteiger partial charge in [-0.1, -0.05) is 24.3 Å². The molecule has 1 saturated heterocycles. The Balaban J connectivity index is 1.98. The van der Waals surface area contributed by atoms with Crippen molar-refractivity contribution in [2.75, 3.05) is 0 Å². The monoisotopic (exact) mass is 316 g/mol. The molecular formula is C18H20O5. The zero-order valence-corrected chi connectivity index (χ0v) is 13.1. The highest BCUT2D eigenvalue weighted by Crippen LogP contribution is 2.47. The quantitative estimate of drug-likeness (QED) is 0.810. The van der Waals surface area contributed by atoms with Crippen LogP contribution in [-0.2, 0) is 16.1 Å². The minimum Gasteiger partial charge on any atom is -0.508 e. The van der Waals surface area contributed by atoms with Crippen LogP contribution in [0.15, 0.2) is 42.5 Å². The summed E-state index contributed by atoms with van der Waals surface area (Å²) in [4.78, 5) is 0. The lowest BCUT2D eigenvalue weighted by atomic mass is 9.97. The maximum atomic E-state index is 9.73. The van der Waals surface area contributed by atoms with E-state index in [1.54, 1.807) is 12.1 Å². The van der Waals surface area contributed by atoms with Crippen LogP contribution >= 0.6 is 0 Å². The predicted octanol–water partition coefficient (Wildman–Crippen LogP) is 3.16. The summed E-state index contributed by atoms with van der Waals surface area (Å²) in [6.07, 6.45) is -0.832. The Labute approximate surface area is 134 Å². The summed E-state index contributed by atoms with van der Waals surface area (Å²) in [5, 5.41) is 28.6. The van der Waals surface area contributed by atoms with Gasteiger partial charge in [0.2, 0.25) is 0 Å². The highest BCUT2D eigenvalue weighted by atomic mass is 16.7. The summed E-state index contributed by atoms with van der Waals surface area (Å²) in [5.74, 6) is -0.836. The minimum atomic E-state index is -0.786. The molecule has 3 N–H and O–H groups in total. The lowest BCUT2D eigenvalue weighted by Gasteiger charge is -2.18. The first-order valence-electron chi connectivity index (χ1n) is 7.46. The largest absolute Gasteiger partial charge is 0.508 e. The number of hydrogen-bond donors (Lipinski definition) is 3. The van der Waals surface area contributed by atoms with Crippen LogP contribution in [0.5, 0.6) is 11.5 Å². The van der Waals surface area contributed by atoms with Gasteiger partial charge in [0, 0.05) is 6.07 Å². The van der Waals surface area contributed by atoms with E-state index in [0.717, 1.165) is 11.1 Å². The highest BCUT2D eigenvalue weighted by Gasteiger charge is 2.43. The number of aliphatic hydroxyl groups is 1. The van der Waals surface area contributed by atoms with Gasteiger partial charge in [0.1, 0.15) is 23.7 Å². The maximum absolute atomic E-state index is 9.73. The molecule has 0 bridgehead atoms. The molecule has 5 heteroatoms. The Kier molecular flexibility index (Phi) is 4.02. The first-order chi connectivity index (χ1) is 10.9. The van der Waals surface area contributed by atoms with Gasteiger partial charge in [-0.25, -0.2) is 0 Å². The summed E-state index contributed by atoms with van der Waals surface area (Å²) in [7, 11) is 0. The molecule has 23 heavy (non-hydrogen) atoms. The molecule has 1 aliphatic heterocycles. The van der Waals surface area contributed by atoms with Gasteiger partial charge in [0.05, 0.1) is 6.61 Å². The molecule has 0 saturated carbocycles. The van der Waals surface area contributed by atoms with Crippen LogP contribution in [0, 0.1) is 0 Å². The zero-order chi connectivity index (χ0) is 16.6. The van der Waals surface area contributed by atoms with Crippen LogP contribution in [0.2, 0.25) is 0 Å². The third kappa shape index (κ3) is 3.32. The third-order valence-corrected chi connectivity index (χ3v) is 3.84. The lowest BCUT2D eigenvalue weighted by Crippen LogP contribution is -2.20. The SMILES string of the molecule is CC1(C)O[C@H](c2ccc(CO)cc2)[C@@H](c2cc(O)cc(O)c2)O1. The average Bonchev–Trinajstić information content (AvgIpc) is 2.82. The molecular weight excluding hydrogens is 296 g/mol. The number of phenols is 2. The zero-order valence-electron chi connectivity index (χ0n) is 13.1. The van der Waals surface area contributed by atoms with Gasteiger partial charge in [-0.2, -0.15) is 0 Å². The van der Waals surface area contributed by atoms with E-state index in [-0.39, 0.29) is 24.2 Å². The van der Waals surface area contributed by atoms with Gasteiger partial charge in [-0.15, -0.1) is 0 Å². The molecule has 1 fully saturated rings. The number of phenolic OH excluding ortho intramolecular Hbond substituents is 2. The predicted molar refractivity (Wildman–Crippen MR) is 83.9 cm³/mol. The Bertz CT molecular complexity index is 673. The fourth-order valence-corrected chi connectivity index (χ4v) is 2.84. The second kappa shape index (κ2) is 5.85. The van der Waals surface area contributed by atoms with E-state index < -0.39 is 11.9 Å².